The number of unbranched alkanes of at least 4 members (excludes halogenated alkanes) is 1. The van der Waals surface area contributed by atoms with Crippen LogP contribution in [0.2, 0.25) is 0 Å². The van der Waals surface area contributed by atoms with Crippen LogP contribution in [0.25, 0.3) is 0 Å². The van der Waals surface area contributed by atoms with Crippen LogP contribution in [-0.4, -0.2) is 25.1 Å². The summed E-state index contributed by atoms with van der Waals surface area (Å²) in [5.41, 5.74) is 1.81. The van der Waals surface area contributed by atoms with Crippen molar-refractivity contribution < 1.29 is 4.92 Å². The van der Waals surface area contributed by atoms with Gasteiger partial charge in [-0.15, -0.1) is 0 Å². The fourth-order valence-corrected chi connectivity index (χ4v) is 1.75. The molecule has 0 saturated heterocycles. The van der Waals surface area contributed by atoms with Crippen molar-refractivity contribution in [3.63, 3.8) is 0 Å². The van der Waals surface area contributed by atoms with Gasteiger partial charge in [-0.05, 0) is 19.4 Å². The molecule has 5 heteroatoms. The molecule has 0 bridgehead atoms. The van der Waals surface area contributed by atoms with Gasteiger partial charge in [0.1, 0.15) is 0 Å². The molecule has 100 valence electrons. The van der Waals surface area contributed by atoms with Crippen molar-refractivity contribution in [3.8, 4) is 0 Å². The maximum absolute atomic E-state index is 10.9. The Morgan fingerprint density at radius 2 is 2.06 bits per heavy atom. The second kappa shape index (κ2) is 6.83. The zero-order chi connectivity index (χ0) is 13.5. The summed E-state index contributed by atoms with van der Waals surface area (Å²) >= 11 is 0. The van der Waals surface area contributed by atoms with Gasteiger partial charge in [-0.3, -0.25) is 10.1 Å². The van der Waals surface area contributed by atoms with E-state index < -0.39 is 0 Å². The molecule has 0 aliphatic heterocycles. The van der Waals surface area contributed by atoms with E-state index in [1.807, 2.05) is 20.0 Å². The first-order chi connectivity index (χ1) is 8.58. The van der Waals surface area contributed by atoms with E-state index >= 15 is 0 Å². The van der Waals surface area contributed by atoms with E-state index in [1.165, 1.54) is 0 Å². The highest BCUT2D eigenvalue weighted by atomic mass is 16.6. The number of anilines is 2. The van der Waals surface area contributed by atoms with Gasteiger partial charge in [-0.1, -0.05) is 13.3 Å². The molecule has 0 amide bonds. The van der Waals surface area contributed by atoms with Crippen molar-refractivity contribution in [2.45, 2.75) is 26.7 Å². The quantitative estimate of drug-likeness (QED) is 0.597. The Labute approximate surface area is 108 Å². The summed E-state index contributed by atoms with van der Waals surface area (Å²) in [5.74, 6) is 0. The van der Waals surface area contributed by atoms with Crippen LogP contribution in [0, 0.1) is 10.1 Å². The summed E-state index contributed by atoms with van der Waals surface area (Å²) < 4.78 is 0. The number of nitro benzene ring substituents is 1. The molecule has 0 aromatic heterocycles. The maximum Gasteiger partial charge on any atom is 0.273 e. The highest BCUT2D eigenvalue weighted by Crippen LogP contribution is 2.26. The second-order valence-electron chi connectivity index (χ2n) is 4.30. The molecule has 1 aromatic carbocycles. The summed E-state index contributed by atoms with van der Waals surface area (Å²) in [6.07, 6.45) is 2.19. The Morgan fingerprint density at radius 3 is 2.61 bits per heavy atom. The van der Waals surface area contributed by atoms with Crippen LogP contribution in [0.3, 0.4) is 0 Å². The van der Waals surface area contributed by atoms with E-state index in [0.29, 0.717) is 0 Å². The molecule has 1 N–H and O–H groups in total. The minimum absolute atomic E-state index is 0.131. The summed E-state index contributed by atoms with van der Waals surface area (Å²) in [7, 11) is 1.96. The fourth-order valence-electron chi connectivity index (χ4n) is 1.75. The number of hydrogen-bond acceptors (Lipinski definition) is 4. The van der Waals surface area contributed by atoms with Gasteiger partial charge in [0, 0.05) is 43.6 Å². The van der Waals surface area contributed by atoms with Crippen LogP contribution >= 0.6 is 0 Å². The number of nitrogens with one attached hydrogen (secondary N) is 1. The molecule has 0 spiro atoms. The molecular weight excluding hydrogens is 230 g/mol. The van der Waals surface area contributed by atoms with Gasteiger partial charge in [0.15, 0.2) is 0 Å². The molecule has 1 aromatic rings. The second-order valence-corrected chi connectivity index (χ2v) is 4.30. The number of rotatable bonds is 7. The Kier molecular flexibility index (Phi) is 5.42. The molecular formula is C13H21N3O2. The van der Waals surface area contributed by atoms with Crippen molar-refractivity contribution >= 4 is 17.1 Å². The standard InChI is InChI=1S/C13H21N3O2/c1-4-6-7-15(3)12-8-11(14-5-2)9-13(10-12)16(17)18/h8-10,14H,4-7H2,1-3H3. The lowest BCUT2D eigenvalue weighted by atomic mass is 10.2. The average Bonchev–Trinajstić information content (AvgIpc) is 2.35. The van der Waals surface area contributed by atoms with Crippen LogP contribution in [-0.2, 0) is 0 Å². The van der Waals surface area contributed by atoms with Crippen molar-refractivity contribution in [1.82, 2.24) is 0 Å². The Morgan fingerprint density at radius 1 is 1.33 bits per heavy atom. The lowest BCUT2D eigenvalue weighted by Crippen LogP contribution is -2.18. The zero-order valence-corrected chi connectivity index (χ0v) is 11.3. The third-order valence-corrected chi connectivity index (χ3v) is 2.78. The lowest BCUT2D eigenvalue weighted by molar-refractivity contribution is -0.384. The predicted octanol–water partition coefficient (Wildman–Crippen LogP) is 3.26. The summed E-state index contributed by atoms with van der Waals surface area (Å²) in [4.78, 5) is 12.6. The third-order valence-electron chi connectivity index (χ3n) is 2.78. The van der Waals surface area contributed by atoms with Gasteiger partial charge < -0.3 is 10.2 Å². The van der Waals surface area contributed by atoms with Crippen LogP contribution in [0.1, 0.15) is 26.7 Å². The summed E-state index contributed by atoms with van der Waals surface area (Å²) in [5, 5.41) is 14.0. The van der Waals surface area contributed by atoms with Crippen LogP contribution in [0.4, 0.5) is 17.1 Å². The average molecular weight is 251 g/mol. The first-order valence-electron chi connectivity index (χ1n) is 6.33. The number of nitrogens with zero attached hydrogens (tertiary/aromatic N) is 2. The number of nitro groups is 1. The van der Waals surface area contributed by atoms with E-state index in [1.54, 1.807) is 12.1 Å². The van der Waals surface area contributed by atoms with Gasteiger partial charge >= 0.3 is 0 Å². The van der Waals surface area contributed by atoms with Crippen molar-refractivity contribution in [2.75, 3.05) is 30.4 Å². The monoisotopic (exact) mass is 251 g/mol. The molecule has 0 fully saturated rings. The first-order valence-corrected chi connectivity index (χ1v) is 6.33. The minimum atomic E-state index is -0.349. The van der Waals surface area contributed by atoms with Crippen molar-refractivity contribution in [3.05, 3.63) is 28.3 Å². The van der Waals surface area contributed by atoms with Gasteiger partial charge in [0.05, 0.1) is 4.92 Å². The number of non-ortho nitro benzene ring substituents is 1. The van der Waals surface area contributed by atoms with Gasteiger partial charge in [-0.25, -0.2) is 0 Å². The van der Waals surface area contributed by atoms with E-state index in [4.69, 9.17) is 0 Å². The number of hydrogen-bond donors (Lipinski definition) is 1. The topological polar surface area (TPSA) is 58.4 Å². The van der Waals surface area contributed by atoms with E-state index in [2.05, 4.69) is 17.1 Å². The molecule has 0 atom stereocenters. The normalized spacial score (nSPS) is 10.2. The predicted molar refractivity (Wildman–Crippen MR) is 75.4 cm³/mol. The third kappa shape index (κ3) is 3.91. The molecule has 1 rings (SSSR count). The van der Waals surface area contributed by atoms with Gasteiger partial charge in [0.25, 0.3) is 5.69 Å². The Balaban J connectivity index is 2.98. The zero-order valence-electron chi connectivity index (χ0n) is 11.3. The van der Waals surface area contributed by atoms with Crippen LogP contribution < -0.4 is 10.2 Å². The molecule has 0 aliphatic rings. The van der Waals surface area contributed by atoms with Gasteiger partial charge in [-0.2, -0.15) is 0 Å². The highest BCUT2D eigenvalue weighted by molar-refractivity contribution is 5.64. The van der Waals surface area contributed by atoms with Crippen molar-refractivity contribution in [2.24, 2.45) is 0 Å². The molecule has 0 heterocycles. The van der Waals surface area contributed by atoms with Crippen molar-refractivity contribution in [1.29, 1.82) is 0 Å². The van der Waals surface area contributed by atoms with E-state index in [0.717, 1.165) is 37.3 Å². The van der Waals surface area contributed by atoms with Gasteiger partial charge in [0.2, 0.25) is 0 Å². The Hall–Kier alpha value is -1.78. The summed E-state index contributed by atoms with van der Waals surface area (Å²) in [6, 6.07) is 5.14. The smallest absolute Gasteiger partial charge is 0.273 e. The highest BCUT2D eigenvalue weighted by Gasteiger charge is 2.11. The molecule has 5 nitrogen and oxygen atoms in total. The molecule has 0 radical (unpaired) electrons. The molecule has 0 unspecified atom stereocenters. The van der Waals surface area contributed by atoms with Crippen LogP contribution in [0.5, 0.6) is 0 Å². The largest absolute Gasteiger partial charge is 0.385 e. The summed E-state index contributed by atoms with van der Waals surface area (Å²) in [6.45, 7) is 5.76. The Bertz CT molecular complexity index is 407. The SMILES string of the molecule is CCCCN(C)c1cc(NCC)cc([N+](=O)[O-])c1. The number of benzene rings is 1. The lowest BCUT2D eigenvalue weighted by Gasteiger charge is -2.19. The molecule has 18 heavy (non-hydrogen) atoms. The minimum Gasteiger partial charge on any atom is -0.385 e. The van der Waals surface area contributed by atoms with Crippen LogP contribution in [0.15, 0.2) is 18.2 Å². The van der Waals surface area contributed by atoms with E-state index in [9.17, 15) is 10.1 Å². The first kappa shape index (κ1) is 14.3. The van der Waals surface area contributed by atoms with E-state index in [-0.39, 0.29) is 10.6 Å². The molecule has 0 saturated carbocycles. The fraction of sp³-hybridized carbons (Fsp3) is 0.538. The molecule has 0 aliphatic carbocycles. The maximum atomic E-state index is 10.9.